The van der Waals surface area contributed by atoms with Crippen LogP contribution in [0, 0.1) is 13.8 Å². The summed E-state index contributed by atoms with van der Waals surface area (Å²) >= 11 is 0. The maximum absolute atomic E-state index is 5.71. The largest absolute Gasteiger partial charge is 0.496 e. The van der Waals surface area contributed by atoms with Crippen molar-refractivity contribution in [1.29, 1.82) is 0 Å². The molecule has 35 heavy (non-hydrogen) atoms. The van der Waals surface area contributed by atoms with Gasteiger partial charge in [-0.25, -0.2) is 9.97 Å². The summed E-state index contributed by atoms with van der Waals surface area (Å²) in [6.45, 7) is 10.8. The number of methoxy groups -OCH3 is 1. The zero-order valence-electron chi connectivity index (χ0n) is 22.2. The van der Waals surface area contributed by atoms with E-state index in [-0.39, 0.29) is 0 Å². The van der Waals surface area contributed by atoms with Crippen LogP contribution in [-0.4, -0.2) is 42.2 Å². The first-order valence-corrected chi connectivity index (χ1v) is 12.2. The van der Waals surface area contributed by atoms with Crippen LogP contribution in [0.25, 0.3) is 11.4 Å². The molecule has 186 valence electrons. The summed E-state index contributed by atoms with van der Waals surface area (Å²) in [5.41, 5.74) is 5.97. The highest BCUT2D eigenvalue weighted by Gasteiger charge is 2.15. The van der Waals surface area contributed by atoms with Crippen molar-refractivity contribution < 1.29 is 4.74 Å². The molecule has 6 nitrogen and oxygen atoms in total. The summed E-state index contributed by atoms with van der Waals surface area (Å²) in [6, 6.07) is 4.06. The molecule has 1 N–H and O–H groups in total. The van der Waals surface area contributed by atoms with Crippen molar-refractivity contribution >= 4 is 11.5 Å². The Bertz CT molecular complexity index is 1110. The van der Waals surface area contributed by atoms with Gasteiger partial charge in [0.05, 0.1) is 13.7 Å². The van der Waals surface area contributed by atoms with Crippen molar-refractivity contribution in [3.63, 3.8) is 0 Å². The molecule has 0 aliphatic heterocycles. The summed E-state index contributed by atoms with van der Waals surface area (Å²) in [4.78, 5) is 18.2. The average molecular weight is 474 g/mol. The molecule has 0 amide bonds. The van der Waals surface area contributed by atoms with Gasteiger partial charge in [0.15, 0.2) is 5.82 Å². The molecule has 0 saturated heterocycles. The van der Waals surface area contributed by atoms with Crippen LogP contribution in [-0.2, 0) is 0 Å². The maximum atomic E-state index is 5.71. The van der Waals surface area contributed by atoms with Gasteiger partial charge < -0.3 is 10.1 Å². The lowest BCUT2D eigenvalue weighted by Crippen LogP contribution is -2.21. The lowest BCUT2D eigenvalue weighted by atomic mass is 10.0. The molecular weight excluding hydrogens is 434 g/mol. The Morgan fingerprint density at radius 3 is 2.49 bits per heavy atom. The molecule has 2 aromatic rings. The van der Waals surface area contributed by atoms with Crippen molar-refractivity contribution in [3.8, 4) is 17.1 Å². The van der Waals surface area contributed by atoms with Gasteiger partial charge in [0.1, 0.15) is 11.6 Å². The first kappa shape index (κ1) is 27.7. The van der Waals surface area contributed by atoms with E-state index < -0.39 is 0 Å². The normalized spacial score (nSPS) is 13.2. The molecule has 1 aromatic carbocycles. The number of rotatable bonds is 11. The molecule has 0 unspecified atom stereocenters. The first-order chi connectivity index (χ1) is 16.9. The molecule has 1 heterocycles. The summed E-state index contributed by atoms with van der Waals surface area (Å²) < 4.78 is 5.71. The van der Waals surface area contributed by atoms with Crippen molar-refractivity contribution in [2.75, 3.05) is 20.7 Å². The number of allylic oxidation sites excluding steroid dienone is 3. The Labute approximate surface area is 210 Å². The molecule has 0 spiro atoms. The van der Waals surface area contributed by atoms with Gasteiger partial charge in [-0.2, -0.15) is 0 Å². The van der Waals surface area contributed by atoms with Gasteiger partial charge in [0.2, 0.25) is 0 Å². The van der Waals surface area contributed by atoms with Crippen LogP contribution in [0.1, 0.15) is 56.7 Å². The van der Waals surface area contributed by atoms with Crippen LogP contribution in [0.5, 0.6) is 5.75 Å². The maximum Gasteiger partial charge on any atom is 0.159 e. The minimum Gasteiger partial charge on any atom is -0.496 e. The molecule has 0 fully saturated rings. The Morgan fingerprint density at radius 2 is 1.86 bits per heavy atom. The van der Waals surface area contributed by atoms with E-state index in [2.05, 4.69) is 58.4 Å². The lowest BCUT2D eigenvalue weighted by Gasteiger charge is -2.15. The van der Waals surface area contributed by atoms with E-state index >= 15 is 0 Å². The van der Waals surface area contributed by atoms with Crippen LogP contribution in [0.2, 0.25) is 0 Å². The number of nitrogens with zero attached hydrogens (tertiary/aromatic N) is 4. The summed E-state index contributed by atoms with van der Waals surface area (Å²) in [5.74, 6) is 2.20. The number of aromatic nitrogens is 2. The molecule has 0 bridgehead atoms. The van der Waals surface area contributed by atoms with E-state index in [1.165, 1.54) is 0 Å². The van der Waals surface area contributed by atoms with Crippen LogP contribution < -0.4 is 10.1 Å². The highest BCUT2D eigenvalue weighted by molar-refractivity contribution is 6.02. The number of amidine groups is 1. The van der Waals surface area contributed by atoms with E-state index in [4.69, 9.17) is 9.73 Å². The van der Waals surface area contributed by atoms with Gasteiger partial charge in [-0.1, -0.05) is 38.5 Å². The average Bonchev–Trinajstić information content (AvgIpc) is 2.87. The number of benzene rings is 1. The Balaban J connectivity index is 2.56. The monoisotopic (exact) mass is 473 g/mol. The van der Waals surface area contributed by atoms with Gasteiger partial charge in [-0.05, 0) is 69.2 Å². The zero-order valence-corrected chi connectivity index (χ0v) is 22.2. The third kappa shape index (κ3) is 8.63. The van der Waals surface area contributed by atoms with Gasteiger partial charge in [-0.15, -0.1) is 0 Å². The van der Waals surface area contributed by atoms with Crippen molar-refractivity contribution in [2.24, 2.45) is 9.98 Å². The third-order valence-electron chi connectivity index (χ3n) is 5.44. The van der Waals surface area contributed by atoms with Gasteiger partial charge in [0, 0.05) is 41.8 Å². The van der Waals surface area contributed by atoms with Crippen LogP contribution in [0.3, 0.4) is 0 Å². The topological polar surface area (TPSA) is 71.8 Å². The van der Waals surface area contributed by atoms with Crippen molar-refractivity contribution in [3.05, 3.63) is 77.3 Å². The van der Waals surface area contributed by atoms with Crippen LogP contribution in [0.15, 0.2) is 70.6 Å². The number of hydrogen-bond acceptors (Lipinski definition) is 5. The van der Waals surface area contributed by atoms with Gasteiger partial charge in [0.25, 0.3) is 0 Å². The van der Waals surface area contributed by atoms with E-state index in [1.54, 1.807) is 14.2 Å². The number of aliphatic imine (C=N–C) groups is 2. The minimum absolute atomic E-state index is 0.540. The summed E-state index contributed by atoms with van der Waals surface area (Å²) in [5, 5.41) is 3.42. The minimum atomic E-state index is 0.540. The second-order valence-electron chi connectivity index (χ2n) is 8.32. The van der Waals surface area contributed by atoms with Gasteiger partial charge in [-0.3, -0.25) is 9.98 Å². The Hall–Kier alpha value is -3.54. The molecule has 2 rings (SSSR count). The van der Waals surface area contributed by atoms with Crippen LogP contribution >= 0.6 is 0 Å². The van der Waals surface area contributed by atoms with E-state index in [9.17, 15) is 0 Å². The fourth-order valence-corrected chi connectivity index (χ4v) is 3.33. The summed E-state index contributed by atoms with van der Waals surface area (Å²) in [6.07, 6.45) is 17.1. The molecule has 0 saturated carbocycles. The quantitative estimate of drug-likeness (QED) is 0.233. The standard InChI is InChI=1S/C29H39N5O/c1-8-10-11-15-31-29(34-20-24(12-9-2)14-13-22(4)30-6)26-16-25(17-27(35-7)23(26)5)28-32-18-21(3)19-33-28/h11-19H,8-10,20H2,1-7H3,(H,31,34)/b14-13-,15-11+,24-12-,30-22?. The Kier molecular flexibility index (Phi) is 11.6. The van der Waals surface area contributed by atoms with E-state index in [1.807, 2.05) is 51.5 Å². The molecule has 0 radical (unpaired) electrons. The zero-order chi connectivity index (χ0) is 25.6. The second kappa shape index (κ2) is 14.7. The number of aryl methyl sites for hydroxylation is 1. The molecule has 1 aromatic heterocycles. The number of ether oxygens (including phenoxy) is 1. The van der Waals surface area contributed by atoms with Crippen molar-refractivity contribution in [1.82, 2.24) is 15.3 Å². The van der Waals surface area contributed by atoms with E-state index in [0.29, 0.717) is 12.4 Å². The smallest absolute Gasteiger partial charge is 0.159 e. The predicted molar refractivity (Wildman–Crippen MR) is 149 cm³/mol. The fourth-order valence-electron chi connectivity index (χ4n) is 3.33. The molecular formula is C29H39N5O. The predicted octanol–water partition coefficient (Wildman–Crippen LogP) is 6.40. The van der Waals surface area contributed by atoms with Gasteiger partial charge >= 0.3 is 0 Å². The SMILES string of the molecule is CC/C=C(/C=C\C(C)=NC)CN=C(N/C=C/CCC)c1cc(-c2ncc(C)cn2)cc(OC)c1C. The first-order valence-electron chi connectivity index (χ1n) is 12.2. The second-order valence-corrected chi connectivity index (χ2v) is 8.32. The number of hydrogen-bond donors (Lipinski definition) is 1. The van der Waals surface area contributed by atoms with Crippen LogP contribution in [0.4, 0.5) is 0 Å². The van der Waals surface area contributed by atoms with E-state index in [0.717, 1.165) is 64.4 Å². The molecule has 0 atom stereocenters. The molecule has 0 aliphatic carbocycles. The van der Waals surface area contributed by atoms with Crippen molar-refractivity contribution in [2.45, 2.75) is 53.9 Å². The molecule has 6 heteroatoms. The number of nitrogens with one attached hydrogen (secondary N) is 1. The Morgan fingerprint density at radius 1 is 1.11 bits per heavy atom. The number of unbranched alkanes of at least 4 members (excludes halogenated alkanes) is 1. The highest BCUT2D eigenvalue weighted by Crippen LogP contribution is 2.29. The third-order valence-corrected chi connectivity index (χ3v) is 5.44. The lowest BCUT2D eigenvalue weighted by molar-refractivity contribution is 0.411. The fraction of sp³-hybridized carbons (Fsp3) is 0.379. The molecule has 0 aliphatic rings. The highest BCUT2D eigenvalue weighted by atomic mass is 16.5. The summed E-state index contributed by atoms with van der Waals surface area (Å²) in [7, 11) is 3.48.